The molecule has 2 nitrogen and oxygen atoms in total. The third-order valence-corrected chi connectivity index (χ3v) is 2.46. The first-order valence-corrected chi connectivity index (χ1v) is 5.14. The molecule has 1 aromatic carbocycles. The predicted octanol–water partition coefficient (Wildman–Crippen LogP) is 2.88. The molecule has 1 aliphatic rings. The van der Waals surface area contributed by atoms with Crippen molar-refractivity contribution in [3.63, 3.8) is 0 Å². The molecule has 0 saturated carbocycles. The molecule has 0 unspecified atom stereocenters. The molecule has 0 spiro atoms. The van der Waals surface area contributed by atoms with Crippen molar-refractivity contribution in [1.29, 1.82) is 0 Å². The summed E-state index contributed by atoms with van der Waals surface area (Å²) in [4.78, 5) is 10.7. The highest BCUT2D eigenvalue weighted by atomic mass is 16.5. The van der Waals surface area contributed by atoms with Crippen LogP contribution in [0.1, 0.15) is 17.5 Å². The van der Waals surface area contributed by atoms with Gasteiger partial charge in [-0.05, 0) is 29.3 Å². The molecule has 0 aliphatic heterocycles. The first-order valence-electron chi connectivity index (χ1n) is 5.14. The van der Waals surface area contributed by atoms with E-state index >= 15 is 0 Å². The van der Waals surface area contributed by atoms with Gasteiger partial charge in [0.05, 0.1) is 0 Å². The summed E-state index contributed by atoms with van der Waals surface area (Å²) in [6.07, 6.45) is 6.31. The zero-order valence-electron chi connectivity index (χ0n) is 8.90. The smallest absolute Gasteiger partial charge is 0.128 e. The van der Waals surface area contributed by atoms with E-state index in [0.29, 0.717) is 18.6 Å². The molecule has 0 amide bonds. The molecule has 1 aliphatic carbocycles. The molecule has 0 bridgehead atoms. The topological polar surface area (TPSA) is 26.3 Å². The van der Waals surface area contributed by atoms with Crippen LogP contribution in [0, 0.1) is 0 Å². The Kier molecular flexibility index (Phi) is 3.04. The van der Waals surface area contributed by atoms with E-state index in [1.807, 2.05) is 36.3 Å². The minimum Gasteiger partial charge on any atom is -0.490 e. The number of benzene rings is 1. The molecular weight excluding hydrogens is 200 g/mol. The van der Waals surface area contributed by atoms with E-state index in [4.69, 9.17) is 4.74 Å². The van der Waals surface area contributed by atoms with Gasteiger partial charge in [-0.3, -0.25) is 0 Å². The van der Waals surface area contributed by atoms with Gasteiger partial charge in [-0.15, -0.1) is 0 Å². The van der Waals surface area contributed by atoms with E-state index in [2.05, 4.69) is 6.58 Å². The lowest BCUT2D eigenvalue weighted by molar-refractivity contribution is 0.363. The Bertz CT molecular complexity index is 491. The molecule has 2 rings (SSSR count). The third kappa shape index (κ3) is 1.97. The van der Waals surface area contributed by atoms with E-state index in [9.17, 15) is 4.79 Å². The van der Waals surface area contributed by atoms with Gasteiger partial charge in [0, 0.05) is 12.0 Å². The number of fused-ring (bicyclic) bond motifs is 1. The van der Waals surface area contributed by atoms with Crippen LogP contribution in [-0.4, -0.2) is 12.5 Å². The van der Waals surface area contributed by atoms with Crippen molar-refractivity contribution < 1.29 is 9.53 Å². The van der Waals surface area contributed by atoms with Gasteiger partial charge in [0.15, 0.2) is 0 Å². The standard InChI is InChI=1S/C14H12O2/c1-2-8-16-13-6-7-14-11(9-13)4-3-5-12(14)10-15/h2-4,6-7,9H,1,5,8H2. The molecule has 1 aromatic rings. The molecule has 16 heavy (non-hydrogen) atoms. The summed E-state index contributed by atoms with van der Waals surface area (Å²) in [6.45, 7) is 4.08. The van der Waals surface area contributed by atoms with Crippen LogP contribution in [0.2, 0.25) is 0 Å². The maximum absolute atomic E-state index is 10.7. The quantitative estimate of drug-likeness (QED) is 0.569. The van der Waals surface area contributed by atoms with Gasteiger partial charge >= 0.3 is 0 Å². The van der Waals surface area contributed by atoms with E-state index in [1.54, 1.807) is 6.08 Å². The first kappa shape index (κ1) is 10.5. The molecule has 2 heteroatoms. The van der Waals surface area contributed by atoms with Crippen LogP contribution in [0.25, 0.3) is 11.6 Å². The molecule has 0 saturated heterocycles. The van der Waals surface area contributed by atoms with Gasteiger partial charge in [-0.25, -0.2) is 4.79 Å². The van der Waals surface area contributed by atoms with Crippen LogP contribution in [0.3, 0.4) is 0 Å². The molecule has 0 heterocycles. The third-order valence-electron chi connectivity index (χ3n) is 2.46. The maximum atomic E-state index is 10.7. The summed E-state index contributed by atoms with van der Waals surface area (Å²) < 4.78 is 5.43. The van der Waals surface area contributed by atoms with Crippen molar-refractivity contribution in [1.82, 2.24) is 0 Å². The highest BCUT2D eigenvalue weighted by Crippen LogP contribution is 2.29. The molecule has 0 fully saturated rings. The van der Waals surface area contributed by atoms with Gasteiger partial charge in [-0.2, -0.15) is 0 Å². The lowest BCUT2D eigenvalue weighted by atomic mass is 9.93. The van der Waals surface area contributed by atoms with Crippen molar-refractivity contribution in [3.8, 4) is 5.75 Å². The molecule has 80 valence electrons. The number of allylic oxidation sites excluding steroid dienone is 2. The Hall–Kier alpha value is -2.05. The second kappa shape index (κ2) is 4.65. The number of hydrogen-bond acceptors (Lipinski definition) is 2. The van der Waals surface area contributed by atoms with Crippen LogP contribution >= 0.6 is 0 Å². The van der Waals surface area contributed by atoms with Crippen LogP contribution in [-0.2, 0) is 4.79 Å². The summed E-state index contributed by atoms with van der Waals surface area (Å²) in [5.41, 5.74) is 2.65. The normalized spacial score (nSPS) is 12.9. The van der Waals surface area contributed by atoms with E-state index < -0.39 is 0 Å². The molecule has 0 radical (unpaired) electrons. The van der Waals surface area contributed by atoms with Gasteiger partial charge in [0.25, 0.3) is 0 Å². The molecule has 0 aromatic heterocycles. The Morgan fingerprint density at radius 1 is 1.50 bits per heavy atom. The van der Waals surface area contributed by atoms with Crippen molar-refractivity contribution in [2.75, 3.05) is 6.61 Å². The van der Waals surface area contributed by atoms with Crippen LogP contribution in [0.4, 0.5) is 0 Å². The van der Waals surface area contributed by atoms with Crippen LogP contribution in [0.5, 0.6) is 5.75 Å². The fourth-order valence-electron chi connectivity index (χ4n) is 1.71. The van der Waals surface area contributed by atoms with Gasteiger partial charge in [0.2, 0.25) is 0 Å². The molecule has 0 N–H and O–H groups in total. The van der Waals surface area contributed by atoms with Crippen molar-refractivity contribution in [2.24, 2.45) is 0 Å². The van der Waals surface area contributed by atoms with Crippen molar-refractivity contribution in [2.45, 2.75) is 6.42 Å². The number of carbonyl (C=O) groups excluding carboxylic acids is 1. The summed E-state index contributed by atoms with van der Waals surface area (Å²) in [5.74, 6) is 2.77. The van der Waals surface area contributed by atoms with Gasteiger partial charge < -0.3 is 4.74 Å². The second-order valence-corrected chi connectivity index (χ2v) is 3.54. The van der Waals surface area contributed by atoms with Crippen molar-refractivity contribution >= 4 is 17.6 Å². The second-order valence-electron chi connectivity index (χ2n) is 3.54. The fraction of sp³-hybridized carbons (Fsp3) is 0.143. The Morgan fingerprint density at radius 3 is 3.12 bits per heavy atom. The number of hydrogen-bond donors (Lipinski definition) is 0. The fourth-order valence-corrected chi connectivity index (χ4v) is 1.71. The molecular formula is C14H12O2. The highest BCUT2D eigenvalue weighted by molar-refractivity contribution is 5.93. The first-order chi connectivity index (χ1) is 7.85. The van der Waals surface area contributed by atoms with Gasteiger partial charge in [0.1, 0.15) is 18.3 Å². The summed E-state index contributed by atoms with van der Waals surface area (Å²) >= 11 is 0. The average Bonchev–Trinajstić information content (AvgIpc) is 2.35. The summed E-state index contributed by atoms with van der Waals surface area (Å²) in [5, 5.41) is 0. The number of rotatable bonds is 3. The van der Waals surface area contributed by atoms with E-state index in [1.165, 1.54) is 0 Å². The minimum absolute atomic E-state index is 0.485. The Morgan fingerprint density at radius 2 is 2.38 bits per heavy atom. The zero-order valence-corrected chi connectivity index (χ0v) is 8.90. The SMILES string of the molecule is C=CCOc1ccc2c(c1)C=CCC2=C=O. The lowest BCUT2D eigenvalue weighted by Crippen LogP contribution is -1.97. The zero-order chi connectivity index (χ0) is 11.4. The van der Waals surface area contributed by atoms with Crippen molar-refractivity contribution in [3.05, 3.63) is 48.1 Å². The van der Waals surface area contributed by atoms with E-state index in [0.717, 1.165) is 16.9 Å². The number of ether oxygens (including phenoxy) is 1. The predicted molar refractivity (Wildman–Crippen MR) is 64.9 cm³/mol. The average molecular weight is 212 g/mol. The largest absolute Gasteiger partial charge is 0.490 e. The van der Waals surface area contributed by atoms with Crippen LogP contribution in [0.15, 0.2) is 36.9 Å². The summed E-state index contributed by atoms with van der Waals surface area (Å²) in [7, 11) is 0. The van der Waals surface area contributed by atoms with E-state index in [-0.39, 0.29) is 0 Å². The summed E-state index contributed by atoms with van der Waals surface area (Å²) in [6, 6.07) is 5.68. The Balaban J connectivity index is 2.36. The Labute approximate surface area is 94.6 Å². The lowest BCUT2D eigenvalue weighted by Gasteiger charge is -2.12. The maximum Gasteiger partial charge on any atom is 0.128 e. The van der Waals surface area contributed by atoms with Gasteiger partial charge in [-0.1, -0.05) is 24.8 Å². The monoisotopic (exact) mass is 212 g/mol. The minimum atomic E-state index is 0.485. The highest BCUT2D eigenvalue weighted by Gasteiger charge is 2.11. The van der Waals surface area contributed by atoms with Crippen LogP contribution < -0.4 is 4.74 Å². The molecule has 0 atom stereocenters.